The number of carbonyl (C=O) groups is 2. The van der Waals surface area contributed by atoms with Crippen molar-refractivity contribution in [3.8, 4) is 0 Å². The third-order valence-corrected chi connectivity index (χ3v) is 9.92. The van der Waals surface area contributed by atoms with Gasteiger partial charge in [0.2, 0.25) is 11.8 Å². The second-order valence-electron chi connectivity index (χ2n) is 9.51. The van der Waals surface area contributed by atoms with Crippen molar-refractivity contribution < 1.29 is 18.0 Å². The second kappa shape index (κ2) is 14.5. The molecular formula is C31H27Cl4N3O4S. The lowest BCUT2D eigenvalue weighted by molar-refractivity contribution is -0.139. The number of rotatable bonds is 11. The Morgan fingerprint density at radius 1 is 0.744 bits per heavy atom. The normalized spacial score (nSPS) is 11.9. The minimum Gasteiger partial charge on any atom is -0.357 e. The van der Waals surface area contributed by atoms with Gasteiger partial charge in [0.15, 0.2) is 0 Å². The quantitative estimate of drug-likeness (QED) is 0.187. The highest BCUT2D eigenvalue weighted by molar-refractivity contribution is 7.92. The highest BCUT2D eigenvalue weighted by Gasteiger charge is 2.34. The van der Waals surface area contributed by atoms with Crippen LogP contribution in [0, 0.1) is 0 Å². The van der Waals surface area contributed by atoms with Gasteiger partial charge in [0.05, 0.1) is 30.7 Å². The minimum absolute atomic E-state index is 0.0305. The molecule has 224 valence electrons. The Bertz CT molecular complexity index is 1710. The van der Waals surface area contributed by atoms with Gasteiger partial charge in [0.25, 0.3) is 10.0 Å². The van der Waals surface area contributed by atoms with E-state index < -0.39 is 34.4 Å². The van der Waals surface area contributed by atoms with Crippen LogP contribution in [-0.4, -0.2) is 44.8 Å². The van der Waals surface area contributed by atoms with Gasteiger partial charge in [0, 0.05) is 20.0 Å². The van der Waals surface area contributed by atoms with E-state index in [1.54, 1.807) is 36.4 Å². The number of amides is 2. The Balaban J connectivity index is 1.81. The molecule has 4 rings (SSSR count). The molecule has 4 aromatic carbocycles. The lowest BCUT2D eigenvalue weighted by atomic mass is 10.0. The molecule has 7 nitrogen and oxygen atoms in total. The van der Waals surface area contributed by atoms with Gasteiger partial charge in [0.1, 0.15) is 12.6 Å². The molecule has 0 radical (unpaired) electrons. The van der Waals surface area contributed by atoms with Crippen molar-refractivity contribution >= 4 is 73.9 Å². The molecular weight excluding hydrogens is 652 g/mol. The number of likely N-dealkylation sites (N-methyl/N-ethyl adjacent to an activating group) is 1. The van der Waals surface area contributed by atoms with Gasteiger partial charge in [-0.3, -0.25) is 13.9 Å². The van der Waals surface area contributed by atoms with Crippen LogP contribution in [0.3, 0.4) is 0 Å². The molecule has 12 heteroatoms. The predicted molar refractivity (Wildman–Crippen MR) is 172 cm³/mol. The summed E-state index contributed by atoms with van der Waals surface area (Å²) in [6.07, 6.45) is 0.172. The van der Waals surface area contributed by atoms with Gasteiger partial charge in [-0.05, 0) is 53.6 Å². The van der Waals surface area contributed by atoms with Crippen LogP contribution in [0.5, 0.6) is 0 Å². The number of anilines is 1. The summed E-state index contributed by atoms with van der Waals surface area (Å²) in [6, 6.07) is 25.1. The predicted octanol–water partition coefficient (Wildman–Crippen LogP) is 6.88. The third-order valence-electron chi connectivity index (χ3n) is 6.66. The summed E-state index contributed by atoms with van der Waals surface area (Å²) >= 11 is 24.8. The van der Waals surface area contributed by atoms with E-state index in [2.05, 4.69) is 5.32 Å². The molecule has 0 aliphatic heterocycles. The number of benzene rings is 4. The van der Waals surface area contributed by atoms with Crippen LogP contribution in [0.4, 0.5) is 5.69 Å². The zero-order valence-electron chi connectivity index (χ0n) is 22.9. The Morgan fingerprint density at radius 3 is 1.91 bits per heavy atom. The average Bonchev–Trinajstić information content (AvgIpc) is 3.01. The molecule has 1 atom stereocenters. The maximum absolute atomic E-state index is 14.3. The smallest absolute Gasteiger partial charge is 0.264 e. The molecule has 0 unspecified atom stereocenters. The summed E-state index contributed by atoms with van der Waals surface area (Å²) in [5, 5.41) is 3.57. The first-order valence-electron chi connectivity index (χ1n) is 13.0. The molecule has 0 aliphatic rings. The first-order chi connectivity index (χ1) is 20.5. The number of carbonyl (C=O) groups excluding carboxylic acids is 2. The van der Waals surface area contributed by atoms with E-state index in [0.717, 1.165) is 9.87 Å². The molecule has 0 spiro atoms. The molecule has 0 saturated carbocycles. The zero-order chi connectivity index (χ0) is 31.1. The van der Waals surface area contributed by atoms with Crippen LogP contribution in [-0.2, 0) is 32.6 Å². The van der Waals surface area contributed by atoms with Gasteiger partial charge in [-0.1, -0.05) is 101 Å². The van der Waals surface area contributed by atoms with E-state index in [4.69, 9.17) is 46.4 Å². The van der Waals surface area contributed by atoms with Gasteiger partial charge < -0.3 is 10.2 Å². The van der Waals surface area contributed by atoms with Gasteiger partial charge in [-0.2, -0.15) is 0 Å². The number of nitrogens with one attached hydrogen (secondary N) is 1. The summed E-state index contributed by atoms with van der Waals surface area (Å²) in [5.41, 5.74) is 1.53. The number of halogens is 4. The lowest BCUT2D eigenvalue weighted by Crippen LogP contribution is -2.53. The van der Waals surface area contributed by atoms with Crippen molar-refractivity contribution in [1.29, 1.82) is 0 Å². The van der Waals surface area contributed by atoms with Crippen molar-refractivity contribution in [2.24, 2.45) is 0 Å². The molecule has 4 aromatic rings. The number of sulfonamides is 1. The van der Waals surface area contributed by atoms with E-state index in [1.807, 2.05) is 30.3 Å². The summed E-state index contributed by atoms with van der Waals surface area (Å²) < 4.78 is 28.8. The second-order valence-corrected chi connectivity index (χ2v) is 13.0. The topological polar surface area (TPSA) is 86.8 Å². The molecule has 0 aromatic heterocycles. The number of hydrogen-bond donors (Lipinski definition) is 1. The molecule has 0 aliphatic carbocycles. The minimum atomic E-state index is -4.26. The van der Waals surface area contributed by atoms with Crippen LogP contribution in [0.1, 0.15) is 11.1 Å². The molecule has 0 saturated heterocycles. The Labute approximate surface area is 271 Å². The van der Waals surface area contributed by atoms with Crippen LogP contribution in [0.15, 0.2) is 102 Å². The van der Waals surface area contributed by atoms with Crippen LogP contribution in [0.2, 0.25) is 20.1 Å². The average molecular weight is 679 g/mol. The highest BCUT2D eigenvalue weighted by atomic mass is 35.5. The van der Waals surface area contributed by atoms with E-state index in [-0.39, 0.29) is 38.6 Å². The van der Waals surface area contributed by atoms with Gasteiger partial charge in [-0.25, -0.2) is 8.42 Å². The van der Waals surface area contributed by atoms with Crippen molar-refractivity contribution in [3.05, 3.63) is 128 Å². The fraction of sp³-hybridized carbons (Fsp3) is 0.161. The standard InChI is InChI=1S/C31H27Cl4N3O4S/c1-36-31(40)29(17-21-8-4-2-5-9-21)37(19-22-12-14-25(32)27(34)16-22)30(39)20-38(23-13-15-26(33)28(35)18-23)43(41,42)24-10-6-3-7-11-24/h2-16,18,29H,17,19-20H2,1H3,(H,36,40)/t29-/m1/s1. The van der Waals surface area contributed by atoms with Gasteiger partial charge in [-0.15, -0.1) is 0 Å². The van der Waals surface area contributed by atoms with Crippen molar-refractivity contribution in [1.82, 2.24) is 10.2 Å². The molecule has 0 heterocycles. The lowest BCUT2D eigenvalue weighted by Gasteiger charge is -2.33. The number of nitrogens with zero attached hydrogens (tertiary/aromatic N) is 2. The fourth-order valence-electron chi connectivity index (χ4n) is 4.44. The maximum atomic E-state index is 14.3. The van der Waals surface area contributed by atoms with Gasteiger partial charge >= 0.3 is 0 Å². The molecule has 43 heavy (non-hydrogen) atoms. The van der Waals surface area contributed by atoms with E-state index >= 15 is 0 Å². The monoisotopic (exact) mass is 677 g/mol. The van der Waals surface area contributed by atoms with Crippen molar-refractivity contribution in [2.75, 3.05) is 17.9 Å². The Kier molecular flexibility index (Phi) is 11.0. The zero-order valence-corrected chi connectivity index (χ0v) is 26.7. The van der Waals surface area contributed by atoms with E-state index in [1.165, 1.54) is 42.3 Å². The first kappa shape index (κ1) is 32.6. The largest absolute Gasteiger partial charge is 0.357 e. The van der Waals surface area contributed by atoms with E-state index in [0.29, 0.717) is 10.6 Å². The summed E-state index contributed by atoms with van der Waals surface area (Å²) in [7, 11) is -2.79. The van der Waals surface area contributed by atoms with Crippen LogP contribution < -0.4 is 9.62 Å². The molecule has 0 fully saturated rings. The Hall–Kier alpha value is -3.27. The van der Waals surface area contributed by atoms with Crippen LogP contribution >= 0.6 is 46.4 Å². The van der Waals surface area contributed by atoms with Crippen molar-refractivity contribution in [3.63, 3.8) is 0 Å². The third kappa shape index (κ3) is 8.02. The maximum Gasteiger partial charge on any atom is 0.264 e. The fourth-order valence-corrected chi connectivity index (χ4v) is 6.48. The van der Waals surface area contributed by atoms with Crippen LogP contribution in [0.25, 0.3) is 0 Å². The summed E-state index contributed by atoms with van der Waals surface area (Å²) in [6.45, 7) is -0.694. The SMILES string of the molecule is CNC(=O)[C@@H](Cc1ccccc1)N(Cc1ccc(Cl)c(Cl)c1)C(=O)CN(c1ccc(Cl)c(Cl)c1)S(=O)(=O)c1ccccc1. The molecule has 0 bridgehead atoms. The Morgan fingerprint density at radius 2 is 1.33 bits per heavy atom. The van der Waals surface area contributed by atoms with Crippen molar-refractivity contribution in [2.45, 2.75) is 23.9 Å². The first-order valence-corrected chi connectivity index (χ1v) is 16.0. The molecule has 2 amide bonds. The van der Waals surface area contributed by atoms with E-state index in [9.17, 15) is 18.0 Å². The highest BCUT2D eigenvalue weighted by Crippen LogP contribution is 2.31. The summed E-state index contributed by atoms with van der Waals surface area (Å²) in [5.74, 6) is -1.06. The number of hydrogen-bond acceptors (Lipinski definition) is 4. The molecule has 1 N–H and O–H groups in total. The summed E-state index contributed by atoms with van der Waals surface area (Å²) in [4.78, 5) is 28.9.